The smallest absolute Gasteiger partial charge is 0.319 e. The first kappa shape index (κ1) is 10.2. The molecule has 38 valence electrons. The first-order valence-electron chi connectivity index (χ1n) is 0.783. The summed E-state index contributed by atoms with van der Waals surface area (Å²) in [5.74, 6) is 0. The van der Waals surface area contributed by atoms with E-state index in [-0.39, 0.29) is 21.1 Å². The molecule has 0 saturated carbocycles. The average Bonchev–Trinajstić information content (AvgIpc) is 0.722. The quantitative estimate of drug-likeness (QED) is 0.361. The molecule has 0 bridgehead atoms. The fourth-order valence-electron chi connectivity index (χ4n) is 0. The van der Waals surface area contributed by atoms with Crippen LogP contribution in [0.3, 0.4) is 0 Å². The summed E-state index contributed by atoms with van der Waals surface area (Å²) < 4.78 is 0. The molecule has 0 aliphatic rings. The van der Waals surface area contributed by atoms with Gasteiger partial charge in [-0.25, -0.2) is 0 Å². The van der Waals surface area contributed by atoms with Crippen LogP contribution in [0.2, 0.25) is 0 Å². The molecular weight excluding hydrogens is 207 g/mol. The Balaban J connectivity index is 0. The van der Waals surface area contributed by atoms with E-state index < -0.39 is 6.72 Å². The van der Waals surface area contributed by atoms with E-state index in [1.165, 1.54) is 0 Å². The molecule has 0 fully saturated rings. The van der Waals surface area contributed by atoms with Gasteiger partial charge in [0, 0.05) is 21.1 Å². The van der Waals surface area contributed by atoms with Crippen molar-refractivity contribution in [3.63, 3.8) is 0 Å². The van der Waals surface area contributed by atoms with Crippen LogP contribution in [0.4, 0.5) is 0 Å². The number of rotatable bonds is 0. The molecule has 0 aromatic carbocycles. The van der Waals surface area contributed by atoms with Gasteiger partial charge in [-0.05, 0) is 11.8 Å². The Bertz CT molecular complexity index is 56.9. The van der Waals surface area contributed by atoms with Gasteiger partial charge < -0.3 is 14.7 Å². The minimum atomic E-state index is -3.81. The summed E-state index contributed by atoms with van der Waals surface area (Å²) in [6, 6.07) is 0. The van der Waals surface area contributed by atoms with Crippen molar-refractivity contribution in [2.45, 2.75) is 0 Å². The molecule has 6 heavy (non-hydrogen) atoms. The monoisotopic (exact) mass is 212 g/mol. The van der Waals surface area contributed by atoms with Crippen LogP contribution in [0.25, 0.3) is 0 Å². The third-order valence-corrected chi connectivity index (χ3v) is 0. The molecule has 3 nitrogen and oxygen atoms in total. The maximum absolute atomic E-state index is 7.56. The van der Waals surface area contributed by atoms with Gasteiger partial charge in [-0.2, -0.15) is 0 Å². The SMILES string of the molecule is OP(O)(O)=S.[Mo]. The second kappa shape index (κ2) is 3.25. The van der Waals surface area contributed by atoms with Gasteiger partial charge in [-0.15, -0.1) is 0 Å². The van der Waals surface area contributed by atoms with Crippen LogP contribution in [0.1, 0.15) is 0 Å². The second-order valence-electron chi connectivity index (χ2n) is 0.513. The first-order chi connectivity index (χ1) is 2.00. The second-order valence-corrected chi connectivity index (χ2v) is 3.01. The van der Waals surface area contributed by atoms with Gasteiger partial charge in [0.05, 0.1) is 0 Å². The Labute approximate surface area is 54.5 Å². The molecule has 6 heteroatoms. The fraction of sp³-hybridized carbons (Fsp3) is 0. The van der Waals surface area contributed by atoms with Crippen LogP contribution in [-0.2, 0) is 32.9 Å². The zero-order valence-corrected chi connectivity index (χ0v) is 6.32. The summed E-state index contributed by atoms with van der Waals surface area (Å²) in [6.07, 6.45) is 0. The predicted molar refractivity (Wildman–Crippen MR) is 20.9 cm³/mol. The van der Waals surface area contributed by atoms with Gasteiger partial charge >= 0.3 is 6.72 Å². The third kappa shape index (κ3) is 62.6. The molecule has 0 amide bonds. The molecule has 3 N–H and O–H groups in total. The van der Waals surface area contributed by atoms with E-state index in [0.29, 0.717) is 0 Å². The minimum absolute atomic E-state index is 0. The maximum Gasteiger partial charge on any atom is 0.319 e. The Hall–Kier alpha value is 1.22. The Morgan fingerprint density at radius 3 is 1.17 bits per heavy atom. The number of hydrogen-bond donors (Lipinski definition) is 3. The molecule has 0 radical (unpaired) electrons. The van der Waals surface area contributed by atoms with Gasteiger partial charge in [-0.1, -0.05) is 0 Å². The van der Waals surface area contributed by atoms with E-state index in [4.69, 9.17) is 14.7 Å². The normalized spacial score (nSPS) is 9.83. The van der Waals surface area contributed by atoms with Crippen LogP contribution >= 0.6 is 6.72 Å². The molecule has 0 heterocycles. The van der Waals surface area contributed by atoms with E-state index >= 15 is 0 Å². The van der Waals surface area contributed by atoms with Crippen LogP contribution in [-0.4, -0.2) is 14.7 Å². The summed E-state index contributed by atoms with van der Waals surface area (Å²) in [4.78, 5) is 22.7. The molecule has 0 atom stereocenters. The predicted octanol–water partition coefficient (Wildman–Crippen LogP) is -0.815. The van der Waals surface area contributed by atoms with Gasteiger partial charge in [0.15, 0.2) is 0 Å². The van der Waals surface area contributed by atoms with Crippen LogP contribution < -0.4 is 0 Å². The van der Waals surface area contributed by atoms with Crippen LogP contribution in [0.5, 0.6) is 0 Å². The van der Waals surface area contributed by atoms with E-state index in [1.807, 2.05) is 0 Å². The van der Waals surface area contributed by atoms with E-state index in [1.54, 1.807) is 0 Å². The summed E-state index contributed by atoms with van der Waals surface area (Å²) in [5, 5.41) is 0. The van der Waals surface area contributed by atoms with Crippen molar-refractivity contribution >= 4 is 18.5 Å². The van der Waals surface area contributed by atoms with Gasteiger partial charge in [0.1, 0.15) is 0 Å². The molecule has 0 aliphatic carbocycles. The van der Waals surface area contributed by atoms with Crippen LogP contribution in [0.15, 0.2) is 0 Å². The van der Waals surface area contributed by atoms with E-state index in [2.05, 4.69) is 11.8 Å². The third-order valence-electron chi connectivity index (χ3n) is 0. The molecule has 0 spiro atoms. The van der Waals surface area contributed by atoms with E-state index in [0.717, 1.165) is 0 Å². The molecule has 0 aromatic rings. The van der Waals surface area contributed by atoms with Crippen molar-refractivity contribution < 1.29 is 35.7 Å². The van der Waals surface area contributed by atoms with Crippen molar-refractivity contribution in [1.82, 2.24) is 0 Å². The summed E-state index contributed by atoms with van der Waals surface area (Å²) in [7, 11) is 0. The van der Waals surface area contributed by atoms with Gasteiger partial charge in [0.2, 0.25) is 0 Å². The molecule has 0 saturated heterocycles. The summed E-state index contributed by atoms with van der Waals surface area (Å²) >= 11 is 3.60. The Kier molecular flexibility index (Phi) is 5.55. The maximum atomic E-state index is 7.56. The van der Waals surface area contributed by atoms with Gasteiger partial charge in [0.25, 0.3) is 0 Å². The zero-order chi connectivity index (χ0) is 4.50. The van der Waals surface area contributed by atoms with Crippen molar-refractivity contribution in [3.8, 4) is 0 Å². The standard InChI is InChI=1S/Mo.H3O3PS/c;1-4(2,3)5/h;(H3,1,2,3,5). The summed E-state index contributed by atoms with van der Waals surface area (Å²) in [5.41, 5.74) is 0. The van der Waals surface area contributed by atoms with E-state index in [9.17, 15) is 0 Å². The van der Waals surface area contributed by atoms with Crippen molar-refractivity contribution in [1.29, 1.82) is 0 Å². The largest absolute Gasteiger partial charge is 0.325 e. The van der Waals surface area contributed by atoms with Gasteiger partial charge in [-0.3, -0.25) is 0 Å². The topological polar surface area (TPSA) is 60.7 Å². The molecule has 0 aliphatic heterocycles. The molecule has 0 rings (SSSR count). The van der Waals surface area contributed by atoms with Crippen molar-refractivity contribution in [2.24, 2.45) is 0 Å². The zero-order valence-electron chi connectivity index (χ0n) is 2.61. The Morgan fingerprint density at radius 1 is 1.17 bits per heavy atom. The van der Waals surface area contributed by atoms with Crippen LogP contribution in [0, 0.1) is 0 Å². The molecular formula is H3MoO3PS. The average molecular weight is 210 g/mol. The molecule has 0 aromatic heterocycles. The number of hydrogen-bond acceptors (Lipinski definition) is 1. The van der Waals surface area contributed by atoms with Crippen molar-refractivity contribution in [3.05, 3.63) is 0 Å². The fourth-order valence-corrected chi connectivity index (χ4v) is 0. The summed E-state index contributed by atoms with van der Waals surface area (Å²) in [6.45, 7) is -3.81. The van der Waals surface area contributed by atoms with Crippen molar-refractivity contribution in [2.75, 3.05) is 0 Å². The Morgan fingerprint density at radius 2 is 1.17 bits per heavy atom. The minimum Gasteiger partial charge on any atom is -0.325 e. The molecule has 0 unspecified atom stereocenters. The first-order valence-corrected chi connectivity index (χ1v) is 3.44.